The number of carbonyl (C=O) groups excluding carboxylic acids is 1. The van der Waals surface area contributed by atoms with Crippen LogP contribution in [-0.2, 0) is 27.7 Å². The number of aryl methyl sites for hydroxylation is 1. The van der Waals surface area contributed by atoms with Crippen LogP contribution in [0.1, 0.15) is 34.7 Å². The van der Waals surface area contributed by atoms with Gasteiger partial charge in [-0.2, -0.15) is 0 Å². The van der Waals surface area contributed by atoms with Gasteiger partial charge in [-0.1, -0.05) is 48.5 Å². The first kappa shape index (κ1) is 21.6. The Morgan fingerprint density at radius 3 is 2.50 bits per heavy atom. The van der Waals surface area contributed by atoms with E-state index >= 15 is 0 Å². The van der Waals surface area contributed by atoms with Gasteiger partial charge in [-0.3, -0.25) is 9.52 Å². The van der Waals surface area contributed by atoms with Crippen molar-refractivity contribution in [2.24, 2.45) is 0 Å². The molecule has 0 spiro atoms. The molecule has 0 radical (unpaired) electrons. The minimum absolute atomic E-state index is 0.101. The molecule has 6 heteroatoms. The molecule has 0 unspecified atom stereocenters. The summed E-state index contributed by atoms with van der Waals surface area (Å²) in [4.78, 5) is 11.7. The third kappa shape index (κ3) is 4.99. The Kier molecular flexibility index (Phi) is 5.99. The van der Waals surface area contributed by atoms with Gasteiger partial charge in [0.05, 0.1) is 6.26 Å². The number of anilines is 2. The quantitative estimate of drug-likeness (QED) is 0.565. The van der Waals surface area contributed by atoms with Crippen molar-refractivity contribution in [3.05, 3.63) is 100 Å². The summed E-state index contributed by atoms with van der Waals surface area (Å²) in [5, 5.41) is 2.96. The van der Waals surface area contributed by atoms with Crippen LogP contribution >= 0.6 is 0 Å². The first-order chi connectivity index (χ1) is 15.3. The molecule has 1 aliphatic carbocycles. The molecule has 0 saturated carbocycles. The topological polar surface area (TPSA) is 75.3 Å². The van der Waals surface area contributed by atoms with E-state index in [1.165, 1.54) is 12.5 Å². The average molecular weight is 445 g/mol. The summed E-state index contributed by atoms with van der Waals surface area (Å²) in [6.45, 7) is 1.51. The molecule has 2 N–H and O–H groups in total. The summed E-state index contributed by atoms with van der Waals surface area (Å²) in [6.07, 6.45) is 4.66. The van der Waals surface area contributed by atoms with Crippen LogP contribution in [-0.4, -0.2) is 20.6 Å². The monoisotopic (exact) mass is 444 g/mol. The van der Waals surface area contributed by atoms with E-state index in [0.717, 1.165) is 52.6 Å². The minimum Gasteiger partial charge on any atom is -0.326 e. The molecule has 5 nitrogen and oxygen atoms in total. The van der Waals surface area contributed by atoms with Crippen molar-refractivity contribution in [3.63, 3.8) is 0 Å². The van der Waals surface area contributed by atoms with E-state index in [1.54, 1.807) is 18.2 Å². The molecule has 0 fully saturated rings. The van der Waals surface area contributed by atoms with Gasteiger partial charge >= 0.3 is 0 Å². The highest BCUT2D eigenvalue weighted by Gasteiger charge is 2.20. The van der Waals surface area contributed by atoms with Gasteiger partial charge in [0.1, 0.15) is 0 Å². The zero-order valence-corrected chi connectivity index (χ0v) is 18.8. The first-order valence-electron chi connectivity index (χ1n) is 10.3. The Bertz CT molecular complexity index is 1370. The van der Waals surface area contributed by atoms with Crippen molar-refractivity contribution in [2.75, 3.05) is 16.3 Å². The van der Waals surface area contributed by atoms with E-state index in [9.17, 15) is 13.2 Å². The fourth-order valence-corrected chi connectivity index (χ4v) is 4.56. The van der Waals surface area contributed by atoms with Gasteiger partial charge in [-0.15, -0.1) is 5.73 Å². The number of hydrogen-bond donors (Lipinski definition) is 2. The maximum atomic E-state index is 11.7. The number of benzene rings is 3. The minimum atomic E-state index is -3.35. The number of rotatable bonds is 4. The third-order valence-electron chi connectivity index (χ3n) is 5.26. The molecule has 4 rings (SSSR count). The molecule has 32 heavy (non-hydrogen) atoms. The van der Waals surface area contributed by atoms with E-state index in [0.29, 0.717) is 5.69 Å². The molecule has 0 saturated heterocycles. The normalized spacial score (nSPS) is 12.6. The summed E-state index contributed by atoms with van der Waals surface area (Å²) in [5.74, 6) is -0.101. The molecule has 3 aromatic carbocycles. The number of carbonyl (C=O) groups is 1. The molecular weight excluding hydrogens is 420 g/mol. The second-order valence-corrected chi connectivity index (χ2v) is 9.58. The maximum Gasteiger partial charge on any atom is 0.229 e. The SMILES string of the molecule is CC(=O)Nc1cccc2c1CCc1ccccc1C2=C=Cc1cccc(NS(C)(=O)=O)c1. The Morgan fingerprint density at radius 1 is 0.969 bits per heavy atom. The van der Waals surface area contributed by atoms with Crippen LogP contribution in [0.4, 0.5) is 11.4 Å². The number of nitrogens with one attached hydrogen (secondary N) is 2. The summed E-state index contributed by atoms with van der Waals surface area (Å²) >= 11 is 0. The van der Waals surface area contributed by atoms with Crippen molar-refractivity contribution in [3.8, 4) is 0 Å². The first-order valence-corrected chi connectivity index (χ1v) is 12.2. The van der Waals surface area contributed by atoms with Gasteiger partial charge in [0, 0.05) is 23.9 Å². The number of amides is 1. The van der Waals surface area contributed by atoms with Crippen molar-refractivity contribution in [1.82, 2.24) is 0 Å². The summed E-state index contributed by atoms with van der Waals surface area (Å²) in [5.41, 5.74) is 11.0. The van der Waals surface area contributed by atoms with Gasteiger partial charge in [-0.05, 0) is 64.9 Å². The number of hydrogen-bond acceptors (Lipinski definition) is 3. The van der Waals surface area contributed by atoms with Crippen molar-refractivity contribution in [1.29, 1.82) is 0 Å². The lowest BCUT2D eigenvalue weighted by Crippen LogP contribution is -2.09. The zero-order valence-electron chi connectivity index (χ0n) is 18.0. The highest BCUT2D eigenvalue weighted by atomic mass is 32.2. The summed E-state index contributed by atoms with van der Waals surface area (Å²) in [6, 6.07) is 21.4. The molecule has 0 aliphatic heterocycles. The van der Waals surface area contributed by atoms with Crippen LogP contribution in [0.3, 0.4) is 0 Å². The predicted molar refractivity (Wildman–Crippen MR) is 130 cm³/mol. The Hall–Kier alpha value is -3.60. The van der Waals surface area contributed by atoms with Crippen LogP contribution < -0.4 is 10.0 Å². The van der Waals surface area contributed by atoms with E-state index in [-0.39, 0.29) is 5.91 Å². The lowest BCUT2D eigenvalue weighted by Gasteiger charge is -2.14. The van der Waals surface area contributed by atoms with Crippen molar-refractivity contribution in [2.45, 2.75) is 19.8 Å². The molecule has 162 valence electrons. The lowest BCUT2D eigenvalue weighted by atomic mass is 9.93. The second-order valence-electron chi connectivity index (χ2n) is 7.83. The molecule has 0 aromatic heterocycles. The van der Waals surface area contributed by atoms with E-state index in [1.807, 2.05) is 36.4 Å². The zero-order chi connectivity index (χ0) is 22.7. The number of sulfonamides is 1. The molecular formula is C26H24N2O3S. The van der Waals surface area contributed by atoms with Crippen LogP contribution in [0.15, 0.2) is 72.5 Å². The maximum absolute atomic E-state index is 11.7. The lowest BCUT2D eigenvalue weighted by molar-refractivity contribution is -0.114. The second kappa shape index (κ2) is 8.87. The predicted octanol–water partition coefficient (Wildman–Crippen LogP) is 4.86. The van der Waals surface area contributed by atoms with Crippen LogP contribution in [0.25, 0.3) is 11.6 Å². The molecule has 1 aliphatic rings. The largest absolute Gasteiger partial charge is 0.326 e. The van der Waals surface area contributed by atoms with Gasteiger partial charge < -0.3 is 5.32 Å². The van der Waals surface area contributed by atoms with E-state index < -0.39 is 10.0 Å². The van der Waals surface area contributed by atoms with Gasteiger partial charge in [0.25, 0.3) is 0 Å². The highest BCUT2D eigenvalue weighted by Crippen LogP contribution is 2.36. The van der Waals surface area contributed by atoms with E-state index in [4.69, 9.17) is 0 Å². The molecule has 0 atom stereocenters. The van der Waals surface area contributed by atoms with Crippen LogP contribution in [0, 0.1) is 0 Å². The number of fused-ring (bicyclic) bond motifs is 2. The third-order valence-corrected chi connectivity index (χ3v) is 5.87. The van der Waals surface area contributed by atoms with Gasteiger partial charge in [-0.25, -0.2) is 8.42 Å². The van der Waals surface area contributed by atoms with Crippen molar-refractivity contribution >= 4 is 39.0 Å². The Balaban J connectivity index is 1.87. The fraction of sp³-hybridized carbons (Fsp3) is 0.154. The standard InChI is InChI=1S/C26H24N2O3S/c1-18(29)27-26-12-6-11-23-24(22-10-4-3-8-20(22)14-16-25(23)26)15-13-19-7-5-9-21(17-19)28-32(2,30)31/h3-13,17,28H,14,16H2,1-2H3,(H,27,29). The summed E-state index contributed by atoms with van der Waals surface area (Å²) in [7, 11) is -3.35. The molecule has 1 amide bonds. The Labute approximate surface area is 188 Å². The molecule has 0 heterocycles. The average Bonchev–Trinajstić information content (AvgIpc) is 2.88. The van der Waals surface area contributed by atoms with E-state index in [2.05, 4.69) is 34.0 Å². The summed E-state index contributed by atoms with van der Waals surface area (Å²) < 4.78 is 25.6. The Morgan fingerprint density at radius 2 is 1.72 bits per heavy atom. The molecule has 0 bridgehead atoms. The van der Waals surface area contributed by atoms with Gasteiger partial charge in [0.2, 0.25) is 15.9 Å². The molecule has 3 aromatic rings. The fourth-order valence-electron chi connectivity index (χ4n) is 4.00. The van der Waals surface area contributed by atoms with Crippen LogP contribution in [0.2, 0.25) is 0 Å². The highest BCUT2D eigenvalue weighted by molar-refractivity contribution is 7.92. The smallest absolute Gasteiger partial charge is 0.229 e. The van der Waals surface area contributed by atoms with Crippen LogP contribution in [0.5, 0.6) is 0 Å². The van der Waals surface area contributed by atoms with Gasteiger partial charge in [0.15, 0.2) is 0 Å². The van der Waals surface area contributed by atoms with Crippen molar-refractivity contribution < 1.29 is 13.2 Å².